The summed E-state index contributed by atoms with van der Waals surface area (Å²) in [5.41, 5.74) is 3.34. The molecule has 2 aromatic rings. The normalized spacial score (nSPS) is 21.5. The molecule has 0 saturated carbocycles. The summed E-state index contributed by atoms with van der Waals surface area (Å²) in [6.45, 7) is 8.29. The first-order chi connectivity index (χ1) is 19.6. The van der Waals surface area contributed by atoms with Crippen LogP contribution >= 0.6 is 0 Å². The maximum atomic E-state index is 10.2. The third-order valence-electron chi connectivity index (χ3n) is 7.32. The fraction of sp³-hybridized carbons (Fsp3) is 0.613. The van der Waals surface area contributed by atoms with Gasteiger partial charge >= 0.3 is 0 Å². The molecule has 0 amide bonds. The Balaban J connectivity index is 1.48. The first-order valence-electron chi connectivity index (χ1n) is 14.5. The van der Waals surface area contributed by atoms with Crippen molar-refractivity contribution in [3.63, 3.8) is 0 Å². The topological polar surface area (TPSA) is 90.9 Å². The van der Waals surface area contributed by atoms with Crippen molar-refractivity contribution in [2.24, 2.45) is 0 Å². The van der Waals surface area contributed by atoms with Crippen LogP contribution in [0.4, 0.5) is 5.69 Å². The second-order valence-electron chi connectivity index (χ2n) is 10.4. The second-order valence-corrected chi connectivity index (χ2v) is 10.4. The monoisotopic (exact) mass is 558 g/mol. The molecule has 9 nitrogen and oxygen atoms in total. The van der Waals surface area contributed by atoms with Crippen LogP contribution in [0.5, 0.6) is 11.5 Å². The van der Waals surface area contributed by atoms with Gasteiger partial charge in [-0.3, -0.25) is 0 Å². The third kappa shape index (κ3) is 8.55. The van der Waals surface area contributed by atoms with E-state index in [1.807, 2.05) is 18.2 Å². The Kier molecular flexibility index (Phi) is 12.3. The zero-order valence-corrected chi connectivity index (χ0v) is 24.2. The Morgan fingerprint density at radius 2 is 1.80 bits per heavy atom. The van der Waals surface area contributed by atoms with E-state index in [2.05, 4.69) is 41.4 Å². The molecule has 1 saturated heterocycles. The molecule has 2 aliphatic heterocycles. The molecule has 0 aliphatic carbocycles. The molecule has 0 aromatic heterocycles. The van der Waals surface area contributed by atoms with Gasteiger partial charge in [0.1, 0.15) is 24.2 Å². The summed E-state index contributed by atoms with van der Waals surface area (Å²) in [4.78, 5) is 2.36. The number of methoxy groups -OCH3 is 2. The molecule has 0 bridgehead atoms. The molecule has 0 spiro atoms. The van der Waals surface area contributed by atoms with Crippen molar-refractivity contribution in [1.82, 2.24) is 5.32 Å². The number of piperidine rings is 1. The van der Waals surface area contributed by atoms with Crippen molar-refractivity contribution in [1.29, 1.82) is 0 Å². The average molecular weight is 559 g/mol. The van der Waals surface area contributed by atoms with Crippen LogP contribution in [0.1, 0.15) is 36.8 Å². The highest BCUT2D eigenvalue weighted by atomic mass is 16.5. The molecule has 222 valence electrons. The molecule has 2 aliphatic rings. The van der Waals surface area contributed by atoms with E-state index < -0.39 is 6.10 Å². The standard InChI is InChI=1S/C31H46N2O7/c1-4-14-37-26-9-7-24(8-10-26)31-29(18-32-19-30(31)40-22-25(34)21-36-3)39-20-23-6-11-28-27(17-23)33(13-16-38-28)12-5-15-35-2/h6-11,17,25,29-32,34H,4-5,12-16,18-22H2,1-3H3/t25?,29-,30+,31+/m0/s1. The van der Waals surface area contributed by atoms with Crippen molar-refractivity contribution < 1.29 is 33.5 Å². The summed E-state index contributed by atoms with van der Waals surface area (Å²) in [7, 11) is 3.31. The molecule has 40 heavy (non-hydrogen) atoms. The highest BCUT2D eigenvalue weighted by Gasteiger charge is 2.36. The fourth-order valence-electron chi connectivity index (χ4n) is 5.34. The van der Waals surface area contributed by atoms with Gasteiger partial charge in [0.05, 0.1) is 50.9 Å². The van der Waals surface area contributed by atoms with E-state index in [1.54, 1.807) is 14.2 Å². The highest BCUT2D eigenvalue weighted by Crippen LogP contribution is 2.35. The lowest BCUT2D eigenvalue weighted by Gasteiger charge is -2.39. The Morgan fingerprint density at radius 1 is 1.00 bits per heavy atom. The van der Waals surface area contributed by atoms with Gasteiger partial charge in [-0.2, -0.15) is 0 Å². The lowest BCUT2D eigenvalue weighted by atomic mass is 9.85. The maximum absolute atomic E-state index is 10.2. The van der Waals surface area contributed by atoms with E-state index in [0.717, 1.165) is 60.9 Å². The summed E-state index contributed by atoms with van der Waals surface area (Å²) >= 11 is 0. The molecule has 0 radical (unpaired) electrons. The molecule has 2 heterocycles. The van der Waals surface area contributed by atoms with Gasteiger partial charge in [0, 0.05) is 46.4 Å². The quantitative estimate of drug-likeness (QED) is 0.301. The van der Waals surface area contributed by atoms with Crippen LogP contribution in [0.25, 0.3) is 0 Å². The van der Waals surface area contributed by atoms with Gasteiger partial charge in [-0.15, -0.1) is 0 Å². The predicted octanol–water partition coefficient (Wildman–Crippen LogP) is 3.38. The summed E-state index contributed by atoms with van der Waals surface area (Å²) in [6.07, 6.45) is 0.966. The largest absolute Gasteiger partial charge is 0.494 e. The minimum atomic E-state index is -0.679. The molecule has 9 heteroatoms. The molecular formula is C31H46N2O7. The number of anilines is 1. The van der Waals surface area contributed by atoms with Gasteiger partial charge in [0.2, 0.25) is 0 Å². The van der Waals surface area contributed by atoms with Crippen LogP contribution in [0.2, 0.25) is 0 Å². The molecule has 1 fully saturated rings. The fourth-order valence-corrected chi connectivity index (χ4v) is 5.34. The molecular weight excluding hydrogens is 512 g/mol. The van der Waals surface area contributed by atoms with Crippen LogP contribution < -0.4 is 19.7 Å². The number of aliphatic hydroxyl groups is 1. The van der Waals surface area contributed by atoms with E-state index in [1.165, 1.54) is 0 Å². The minimum Gasteiger partial charge on any atom is -0.494 e. The van der Waals surface area contributed by atoms with Crippen LogP contribution in [0.15, 0.2) is 42.5 Å². The maximum Gasteiger partial charge on any atom is 0.142 e. The van der Waals surface area contributed by atoms with Gasteiger partial charge in [0.15, 0.2) is 0 Å². The number of hydrogen-bond acceptors (Lipinski definition) is 9. The Hall–Kier alpha value is -2.40. The molecule has 4 atom stereocenters. The average Bonchev–Trinajstić information content (AvgIpc) is 2.98. The zero-order valence-electron chi connectivity index (χ0n) is 24.2. The zero-order chi connectivity index (χ0) is 28.2. The van der Waals surface area contributed by atoms with Gasteiger partial charge in [-0.05, 0) is 48.2 Å². The number of rotatable bonds is 16. The van der Waals surface area contributed by atoms with E-state index in [4.69, 9.17) is 28.4 Å². The number of aliphatic hydroxyl groups excluding tert-OH is 1. The smallest absolute Gasteiger partial charge is 0.142 e. The lowest BCUT2D eigenvalue weighted by Crippen LogP contribution is -2.51. The van der Waals surface area contributed by atoms with Gasteiger partial charge < -0.3 is 43.7 Å². The van der Waals surface area contributed by atoms with Gasteiger partial charge in [-0.25, -0.2) is 0 Å². The molecule has 2 aromatic carbocycles. The van der Waals surface area contributed by atoms with Crippen molar-refractivity contribution >= 4 is 5.69 Å². The second kappa shape index (κ2) is 16.1. The Labute approximate surface area is 238 Å². The van der Waals surface area contributed by atoms with E-state index >= 15 is 0 Å². The van der Waals surface area contributed by atoms with Crippen molar-refractivity contribution in [2.75, 3.05) is 78.3 Å². The summed E-state index contributed by atoms with van der Waals surface area (Å²) in [6, 6.07) is 14.6. The number of fused-ring (bicyclic) bond motifs is 1. The minimum absolute atomic E-state index is 0.0114. The van der Waals surface area contributed by atoms with Crippen molar-refractivity contribution in [2.45, 2.75) is 50.6 Å². The number of benzene rings is 2. The first kappa shape index (κ1) is 30.6. The van der Waals surface area contributed by atoms with Crippen molar-refractivity contribution in [3.05, 3.63) is 53.6 Å². The van der Waals surface area contributed by atoms with Crippen molar-refractivity contribution in [3.8, 4) is 11.5 Å². The van der Waals surface area contributed by atoms with Crippen LogP contribution in [0, 0.1) is 0 Å². The Bertz CT molecular complexity index is 1010. The summed E-state index contributed by atoms with van der Waals surface area (Å²) in [5, 5.41) is 13.7. The van der Waals surface area contributed by atoms with Gasteiger partial charge in [0.25, 0.3) is 0 Å². The van der Waals surface area contributed by atoms with Gasteiger partial charge in [-0.1, -0.05) is 25.1 Å². The SMILES string of the molecule is CCCOc1ccc([C@@H]2[C@@H](OCc3ccc4c(c3)N(CCCOC)CCO4)CNC[C@H]2OCC(O)COC)cc1. The first-order valence-corrected chi connectivity index (χ1v) is 14.5. The molecule has 2 N–H and O–H groups in total. The van der Waals surface area contributed by atoms with E-state index in [9.17, 15) is 5.11 Å². The molecule has 4 rings (SSSR count). The van der Waals surface area contributed by atoms with Crippen LogP contribution in [-0.4, -0.2) is 96.9 Å². The summed E-state index contributed by atoms with van der Waals surface area (Å²) in [5.74, 6) is 1.76. The molecule has 1 unspecified atom stereocenters. The number of ether oxygens (including phenoxy) is 6. The number of hydrogen-bond donors (Lipinski definition) is 2. The van der Waals surface area contributed by atoms with E-state index in [0.29, 0.717) is 32.9 Å². The predicted molar refractivity (Wildman–Crippen MR) is 155 cm³/mol. The lowest BCUT2D eigenvalue weighted by molar-refractivity contribution is -0.0856. The number of nitrogens with zero attached hydrogens (tertiary/aromatic N) is 1. The third-order valence-corrected chi connectivity index (χ3v) is 7.32. The highest BCUT2D eigenvalue weighted by molar-refractivity contribution is 5.61. The number of nitrogens with one attached hydrogen (secondary N) is 1. The summed E-state index contributed by atoms with van der Waals surface area (Å²) < 4.78 is 34.9. The Morgan fingerprint density at radius 3 is 2.55 bits per heavy atom. The van der Waals surface area contributed by atoms with E-state index in [-0.39, 0.29) is 31.3 Å². The van der Waals surface area contributed by atoms with Crippen LogP contribution in [0.3, 0.4) is 0 Å². The van der Waals surface area contributed by atoms with Crippen LogP contribution in [-0.2, 0) is 25.6 Å².